The van der Waals surface area contributed by atoms with Crippen molar-refractivity contribution in [3.63, 3.8) is 0 Å². The topological polar surface area (TPSA) is 41.1 Å². The Bertz CT molecular complexity index is 376. The van der Waals surface area contributed by atoms with Crippen LogP contribution in [0.5, 0.6) is 0 Å². The van der Waals surface area contributed by atoms with E-state index in [-0.39, 0.29) is 12.1 Å². The van der Waals surface area contributed by atoms with Gasteiger partial charge in [-0.05, 0) is 26.0 Å². The van der Waals surface area contributed by atoms with Gasteiger partial charge in [-0.15, -0.1) is 6.42 Å². The summed E-state index contributed by atoms with van der Waals surface area (Å²) in [4.78, 5) is 11.3. The fourth-order valence-electron chi connectivity index (χ4n) is 1.04. The van der Waals surface area contributed by atoms with Gasteiger partial charge in [0.25, 0.3) is 0 Å². The van der Waals surface area contributed by atoms with Crippen molar-refractivity contribution in [2.24, 2.45) is 0 Å². The van der Waals surface area contributed by atoms with Crippen molar-refractivity contribution in [2.75, 3.05) is 5.32 Å². The van der Waals surface area contributed by atoms with Gasteiger partial charge in [0.2, 0.25) is 0 Å². The molecule has 1 rings (SSSR count). The molecule has 0 saturated carbocycles. The zero-order valence-electron chi connectivity index (χ0n) is 8.87. The van der Waals surface area contributed by atoms with Gasteiger partial charge in [0.05, 0.1) is 6.04 Å². The van der Waals surface area contributed by atoms with Crippen LogP contribution in [0.2, 0.25) is 0 Å². The SMILES string of the molecule is C#CC(C)NC(=O)Nc1ccc(C)cc1. The molecule has 1 atom stereocenters. The van der Waals surface area contributed by atoms with Crippen LogP contribution in [0.3, 0.4) is 0 Å². The first-order chi connectivity index (χ1) is 7.11. The predicted octanol–water partition coefficient (Wildman–Crippen LogP) is 2.14. The third-order valence-corrected chi connectivity index (χ3v) is 1.91. The summed E-state index contributed by atoms with van der Waals surface area (Å²) in [5.74, 6) is 2.42. The first kappa shape index (κ1) is 11.1. The molecule has 3 nitrogen and oxygen atoms in total. The zero-order chi connectivity index (χ0) is 11.3. The fourth-order valence-corrected chi connectivity index (χ4v) is 1.04. The van der Waals surface area contributed by atoms with Crippen LogP contribution in [-0.4, -0.2) is 12.1 Å². The number of aryl methyl sites for hydroxylation is 1. The molecular formula is C12H14N2O. The van der Waals surface area contributed by atoms with Crippen molar-refractivity contribution < 1.29 is 4.79 Å². The molecule has 2 amide bonds. The second kappa shape index (κ2) is 5.06. The van der Waals surface area contributed by atoms with Crippen LogP contribution >= 0.6 is 0 Å². The normalized spacial score (nSPS) is 11.3. The van der Waals surface area contributed by atoms with E-state index in [9.17, 15) is 4.79 Å². The number of hydrogen-bond donors (Lipinski definition) is 2. The molecule has 0 aliphatic rings. The summed E-state index contributed by atoms with van der Waals surface area (Å²) in [6.45, 7) is 3.74. The highest BCUT2D eigenvalue weighted by atomic mass is 16.2. The van der Waals surface area contributed by atoms with Crippen LogP contribution in [0.4, 0.5) is 10.5 Å². The molecule has 0 bridgehead atoms. The molecular weight excluding hydrogens is 188 g/mol. The average Bonchev–Trinajstić information content (AvgIpc) is 2.21. The van der Waals surface area contributed by atoms with E-state index < -0.39 is 0 Å². The van der Waals surface area contributed by atoms with Crippen LogP contribution in [0.1, 0.15) is 12.5 Å². The Morgan fingerprint density at radius 3 is 2.53 bits per heavy atom. The van der Waals surface area contributed by atoms with Crippen molar-refractivity contribution in [2.45, 2.75) is 19.9 Å². The van der Waals surface area contributed by atoms with Crippen molar-refractivity contribution >= 4 is 11.7 Å². The van der Waals surface area contributed by atoms with Crippen LogP contribution in [-0.2, 0) is 0 Å². The summed E-state index contributed by atoms with van der Waals surface area (Å²) in [6.07, 6.45) is 5.14. The summed E-state index contributed by atoms with van der Waals surface area (Å²) in [5.41, 5.74) is 1.90. The van der Waals surface area contributed by atoms with Crippen LogP contribution in [0, 0.1) is 19.3 Å². The van der Waals surface area contributed by atoms with Gasteiger partial charge in [-0.3, -0.25) is 0 Å². The molecule has 0 heterocycles. The van der Waals surface area contributed by atoms with E-state index in [4.69, 9.17) is 6.42 Å². The number of nitrogens with one attached hydrogen (secondary N) is 2. The Balaban J connectivity index is 2.52. The smallest absolute Gasteiger partial charge is 0.320 e. The Morgan fingerprint density at radius 1 is 1.40 bits per heavy atom. The molecule has 0 aromatic heterocycles. The molecule has 2 N–H and O–H groups in total. The number of urea groups is 1. The van der Waals surface area contributed by atoms with Crippen LogP contribution in [0.25, 0.3) is 0 Å². The highest BCUT2D eigenvalue weighted by molar-refractivity contribution is 5.89. The summed E-state index contributed by atoms with van der Waals surface area (Å²) in [5, 5.41) is 5.30. The molecule has 0 saturated heterocycles. The zero-order valence-corrected chi connectivity index (χ0v) is 8.87. The lowest BCUT2D eigenvalue weighted by Crippen LogP contribution is -2.35. The number of rotatable bonds is 2. The third-order valence-electron chi connectivity index (χ3n) is 1.91. The minimum absolute atomic E-state index is 0.268. The van der Waals surface area contributed by atoms with Crippen LogP contribution in [0.15, 0.2) is 24.3 Å². The summed E-state index contributed by atoms with van der Waals surface area (Å²) < 4.78 is 0. The molecule has 1 aromatic carbocycles. The van der Waals surface area contributed by atoms with Gasteiger partial charge < -0.3 is 10.6 Å². The average molecular weight is 202 g/mol. The molecule has 0 spiro atoms. The fraction of sp³-hybridized carbons (Fsp3) is 0.250. The quantitative estimate of drug-likeness (QED) is 0.709. The highest BCUT2D eigenvalue weighted by Gasteiger charge is 2.03. The summed E-state index contributed by atoms with van der Waals surface area (Å²) in [6, 6.07) is 6.99. The molecule has 1 unspecified atom stereocenters. The Morgan fingerprint density at radius 2 is 2.00 bits per heavy atom. The maximum absolute atomic E-state index is 11.3. The molecule has 0 fully saturated rings. The number of anilines is 1. The second-order valence-electron chi connectivity index (χ2n) is 3.35. The Kier molecular flexibility index (Phi) is 3.75. The second-order valence-corrected chi connectivity index (χ2v) is 3.35. The minimum atomic E-state index is -0.288. The summed E-state index contributed by atoms with van der Waals surface area (Å²) >= 11 is 0. The first-order valence-electron chi connectivity index (χ1n) is 4.72. The lowest BCUT2D eigenvalue weighted by atomic mass is 10.2. The summed E-state index contributed by atoms with van der Waals surface area (Å²) in [7, 11) is 0. The van der Waals surface area contributed by atoms with E-state index in [2.05, 4.69) is 16.6 Å². The number of benzene rings is 1. The van der Waals surface area contributed by atoms with Crippen molar-refractivity contribution in [3.05, 3.63) is 29.8 Å². The largest absolute Gasteiger partial charge is 0.325 e. The molecule has 78 valence electrons. The van der Waals surface area contributed by atoms with Crippen LogP contribution < -0.4 is 10.6 Å². The van der Waals surface area contributed by atoms with Gasteiger partial charge in [0.1, 0.15) is 0 Å². The van der Waals surface area contributed by atoms with E-state index in [1.807, 2.05) is 31.2 Å². The number of hydrogen-bond acceptors (Lipinski definition) is 1. The maximum Gasteiger partial charge on any atom is 0.320 e. The molecule has 0 aliphatic heterocycles. The maximum atomic E-state index is 11.3. The third kappa shape index (κ3) is 3.74. The molecule has 3 heteroatoms. The van der Waals surface area contributed by atoms with Gasteiger partial charge in [-0.25, -0.2) is 4.79 Å². The van der Waals surface area contributed by atoms with Gasteiger partial charge in [-0.1, -0.05) is 23.6 Å². The van der Waals surface area contributed by atoms with Gasteiger partial charge in [-0.2, -0.15) is 0 Å². The minimum Gasteiger partial charge on any atom is -0.325 e. The van der Waals surface area contributed by atoms with E-state index >= 15 is 0 Å². The molecule has 0 radical (unpaired) electrons. The van der Waals surface area contributed by atoms with Crippen molar-refractivity contribution in [1.82, 2.24) is 5.32 Å². The molecule has 0 aliphatic carbocycles. The van der Waals surface area contributed by atoms with Crippen molar-refractivity contribution in [1.29, 1.82) is 0 Å². The van der Waals surface area contributed by atoms with Gasteiger partial charge in [0, 0.05) is 5.69 Å². The molecule has 15 heavy (non-hydrogen) atoms. The number of terminal acetylenes is 1. The Labute approximate surface area is 89.9 Å². The van der Waals surface area contributed by atoms with E-state index in [0.29, 0.717) is 0 Å². The molecule has 1 aromatic rings. The van der Waals surface area contributed by atoms with Crippen molar-refractivity contribution in [3.8, 4) is 12.3 Å². The highest BCUT2D eigenvalue weighted by Crippen LogP contribution is 2.07. The monoisotopic (exact) mass is 202 g/mol. The lowest BCUT2D eigenvalue weighted by molar-refractivity contribution is 0.251. The predicted molar refractivity (Wildman–Crippen MR) is 61.6 cm³/mol. The number of carbonyl (C=O) groups is 1. The van der Waals surface area contributed by atoms with E-state index in [1.165, 1.54) is 0 Å². The number of amides is 2. The van der Waals surface area contributed by atoms with Gasteiger partial charge in [0.15, 0.2) is 0 Å². The van der Waals surface area contributed by atoms with E-state index in [1.54, 1.807) is 6.92 Å². The standard InChI is InChI=1S/C12H14N2O/c1-4-10(3)13-12(15)14-11-7-5-9(2)6-8-11/h1,5-8,10H,2-3H3,(H2,13,14,15). The van der Waals surface area contributed by atoms with E-state index in [0.717, 1.165) is 11.3 Å². The number of carbonyl (C=O) groups excluding carboxylic acids is 1. The lowest BCUT2D eigenvalue weighted by Gasteiger charge is -2.09. The first-order valence-corrected chi connectivity index (χ1v) is 4.72. The van der Waals surface area contributed by atoms with Gasteiger partial charge >= 0.3 is 6.03 Å². The Hall–Kier alpha value is -1.95.